The Kier molecular flexibility index (Phi) is 4.21. The average molecular weight is 290 g/mol. The van der Waals surface area contributed by atoms with Crippen LogP contribution in [-0.4, -0.2) is 11.7 Å². The normalized spacial score (nSPS) is 12.2. The monoisotopic (exact) mass is 290 g/mol. The molecule has 1 aromatic rings. The van der Waals surface area contributed by atoms with E-state index in [0.29, 0.717) is 0 Å². The van der Waals surface area contributed by atoms with Gasteiger partial charge in [0.1, 0.15) is 5.60 Å². The van der Waals surface area contributed by atoms with Gasteiger partial charge in [0.2, 0.25) is 0 Å². The van der Waals surface area contributed by atoms with Crippen molar-refractivity contribution < 1.29 is 22.7 Å². The third kappa shape index (κ3) is 4.32. The molecule has 1 aromatic carbocycles. The van der Waals surface area contributed by atoms with Gasteiger partial charge in [0.25, 0.3) is 0 Å². The van der Waals surface area contributed by atoms with Crippen LogP contribution in [0.15, 0.2) is 12.1 Å². The van der Waals surface area contributed by atoms with Gasteiger partial charge in [-0.15, -0.1) is 0 Å². The zero-order valence-corrected chi connectivity index (χ0v) is 11.7. The molecule has 0 saturated carbocycles. The van der Waals surface area contributed by atoms with Crippen LogP contribution in [-0.2, 0) is 10.9 Å². The molecule has 0 aliphatic rings. The number of nitrogens with two attached hydrogens (primary N) is 1. The molecule has 3 N–H and O–H groups in total. The van der Waals surface area contributed by atoms with Gasteiger partial charge in [0.05, 0.1) is 16.9 Å². The van der Waals surface area contributed by atoms with Gasteiger partial charge in [-0.1, -0.05) is 0 Å². The number of carbonyl (C=O) groups excluding carboxylic acids is 1. The molecule has 4 nitrogen and oxygen atoms in total. The van der Waals surface area contributed by atoms with Gasteiger partial charge >= 0.3 is 12.3 Å². The summed E-state index contributed by atoms with van der Waals surface area (Å²) in [4.78, 5) is 11.6. The molecule has 0 bridgehead atoms. The summed E-state index contributed by atoms with van der Waals surface area (Å²) in [6, 6.07) is 1.96. The Hall–Kier alpha value is -1.92. The van der Waals surface area contributed by atoms with Gasteiger partial charge in [-0.05, 0) is 45.4 Å². The largest absolute Gasteiger partial charge is 0.444 e. The second kappa shape index (κ2) is 5.22. The number of ether oxygens (including phenoxy) is 1. The fraction of sp³-hybridized carbons (Fsp3) is 0.462. The van der Waals surface area contributed by atoms with Crippen molar-refractivity contribution in [3.63, 3.8) is 0 Å². The molecular weight excluding hydrogens is 273 g/mol. The van der Waals surface area contributed by atoms with Gasteiger partial charge < -0.3 is 10.5 Å². The van der Waals surface area contributed by atoms with E-state index < -0.39 is 23.4 Å². The van der Waals surface area contributed by atoms with Crippen molar-refractivity contribution in [3.05, 3.63) is 23.3 Å². The van der Waals surface area contributed by atoms with Crippen LogP contribution in [0.25, 0.3) is 0 Å². The number of benzene rings is 1. The van der Waals surface area contributed by atoms with Crippen LogP contribution in [0, 0.1) is 6.92 Å². The average Bonchev–Trinajstić information content (AvgIpc) is 2.17. The number of alkyl halides is 3. The summed E-state index contributed by atoms with van der Waals surface area (Å²) in [5.74, 6) is 0. The smallest absolute Gasteiger partial charge is 0.416 e. The highest BCUT2D eigenvalue weighted by atomic mass is 19.4. The molecule has 0 spiro atoms. The maximum Gasteiger partial charge on any atom is 0.416 e. The molecule has 0 aliphatic carbocycles. The van der Waals surface area contributed by atoms with Gasteiger partial charge in [-0.2, -0.15) is 13.2 Å². The molecule has 1 rings (SSSR count). The number of nitrogens with one attached hydrogen (secondary N) is 1. The van der Waals surface area contributed by atoms with Crippen LogP contribution in [0.3, 0.4) is 0 Å². The first-order valence-corrected chi connectivity index (χ1v) is 5.87. The van der Waals surface area contributed by atoms with Crippen molar-refractivity contribution in [2.75, 3.05) is 11.1 Å². The molecule has 7 heteroatoms. The number of amides is 1. The number of anilines is 2. The highest BCUT2D eigenvalue weighted by Gasteiger charge is 2.33. The minimum Gasteiger partial charge on any atom is -0.444 e. The Balaban J connectivity index is 3.05. The van der Waals surface area contributed by atoms with E-state index in [-0.39, 0.29) is 16.9 Å². The van der Waals surface area contributed by atoms with Crippen LogP contribution in [0.2, 0.25) is 0 Å². The molecule has 20 heavy (non-hydrogen) atoms. The molecule has 1 amide bonds. The lowest BCUT2D eigenvalue weighted by molar-refractivity contribution is -0.138. The second-order valence-electron chi connectivity index (χ2n) is 5.38. The van der Waals surface area contributed by atoms with Crippen molar-refractivity contribution >= 4 is 17.5 Å². The standard InChI is InChI=1S/C13H17F3N2O2/c1-7-5-9(17)10(6-8(7)13(14,15)16)18-11(19)20-12(2,3)4/h5-6H,17H2,1-4H3,(H,18,19). The first-order chi connectivity index (χ1) is 8.90. The van der Waals surface area contributed by atoms with Crippen LogP contribution < -0.4 is 11.1 Å². The number of carbonyl (C=O) groups is 1. The molecule has 0 aromatic heterocycles. The van der Waals surface area contributed by atoms with E-state index in [4.69, 9.17) is 10.5 Å². The van der Waals surface area contributed by atoms with E-state index in [1.807, 2.05) is 0 Å². The topological polar surface area (TPSA) is 64.3 Å². The quantitative estimate of drug-likeness (QED) is 0.770. The van der Waals surface area contributed by atoms with Crippen molar-refractivity contribution in [2.24, 2.45) is 0 Å². The predicted octanol–water partition coefficient (Wildman–Crippen LogP) is 3.94. The van der Waals surface area contributed by atoms with E-state index >= 15 is 0 Å². The van der Waals surface area contributed by atoms with Crippen LogP contribution in [0.4, 0.5) is 29.3 Å². The van der Waals surface area contributed by atoms with Gasteiger partial charge in [-0.3, -0.25) is 5.32 Å². The van der Waals surface area contributed by atoms with Crippen LogP contribution in [0.1, 0.15) is 31.9 Å². The second-order valence-corrected chi connectivity index (χ2v) is 5.38. The van der Waals surface area contributed by atoms with Gasteiger partial charge in [0, 0.05) is 0 Å². The SMILES string of the molecule is Cc1cc(N)c(NC(=O)OC(C)(C)C)cc1C(F)(F)F. The highest BCUT2D eigenvalue weighted by molar-refractivity contribution is 5.89. The van der Waals surface area contributed by atoms with E-state index in [1.54, 1.807) is 20.8 Å². The Labute approximate surface area is 115 Å². The Morgan fingerprint density at radius 3 is 2.25 bits per heavy atom. The summed E-state index contributed by atoms with van der Waals surface area (Å²) < 4.78 is 43.3. The van der Waals surface area contributed by atoms with Crippen molar-refractivity contribution in [3.8, 4) is 0 Å². The van der Waals surface area contributed by atoms with Crippen molar-refractivity contribution in [1.29, 1.82) is 0 Å². The summed E-state index contributed by atoms with van der Waals surface area (Å²) in [5.41, 5.74) is 3.91. The number of hydrogen-bond donors (Lipinski definition) is 2. The fourth-order valence-corrected chi connectivity index (χ4v) is 1.56. The Morgan fingerprint density at radius 1 is 1.25 bits per heavy atom. The van der Waals surface area contributed by atoms with Crippen molar-refractivity contribution in [2.45, 2.75) is 39.5 Å². The predicted molar refractivity (Wildman–Crippen MR) is 70.5 cm³/mol. The van der Waals surface area contributed by atoms with E-state index in [1.165, 1.54) is 6.92 Å². The van der Waals surface area contributed by atoms with Crippen LogP contribution in [0.5, 0.6) is 0 Å². The number of rotatable bonds is 1. The Morgan fingerprint density at radius 2 is 1.80 bits per heavy atom. The maximum atomic E-state index is 12.8. The fourth-order valence-electron chi connectivity index (χ4n) is 1.56. The summed E-state index contributed by atoms with van der Waals surface area (Å²) >= 11 is 0. The summed E-state index contributed by atoms with van der Waals surface area (Å²) in [5, 5.41) is 2.22. The van der Waals surface area contributed by atoms with E-state index in [2.05, 4.69) is 5.32 Å². The first kappa shape index (κ1) is 16.1. The third-order valence-corrected chi connectivity index (χ3v) is 2.34. The summed E-state index contributed by atoms with van der Waals surface area (Å²) in [7, 11) is 0. The number of aryl methyl sites for hydroxylation is 1. The lowest BCUT2D eigenvalue weighted by Crippen LogP contribution is -2.27. The summed E-state index contributed by atoms with van der Waals surface area (Å²) in [6.07, 6.45) is -5.37. The minimum atomic E-state index is -4.51. The molecule has 0 atom stereocenters. The molecule has 0 heterocycles. The van der Waals surface area contributed by atoms with Crippen LogP contribution >= 0.6 is 0 Å². The molecule has 0 saturated heterocycles. The molecule has 0 fully saturated rings. The molecule has 0 unspecified atom stereocenters. The van der Waals surface area contributed by atoms with E-state index in [9.17, 15) is 18.0 Å². The number of nitrogen functional groups attached to an aromatic ring is 1. The van der Waals surface area contributed by atoms with Gasteiger partial charge in [-0.25, -0.2) is 4.79 Å². The number of hydrogen-bond acceptors (Lipinski definition) is 3. The Bertz CT molecular complexity index is 520. The highest BCUT2D eigenvalue weighted by Crippen LogP contribution is 2.36. The lowest BCUT2D eigenvalue weighted by atomic mass is 10.1. The summed E-state index contributed by atoms with van der Waals surface area (Å²) in [6.45, 7) is 6.24. The van der Waals surface area contributed by atoms with Gasteiger partial charge in [0.15, 0.2) is 0 Å². The minimum absolute atomic E-state index is 0.00950. The molecule has 0 aliphatic heterocycles. The molecule has 112 valence electrons. The van der Waals surface area contributed by atoms with Crippen molar-refractivity contribution in [1.82, 2.24) is 0 Å². The maximum absolute atomic E-state index is 12.8. The lowest BCUT2D eigenvalue weighted by Gasteiger charge is -2.21. The zero-order chi connectivity index (χ0) is 15.7. The first-order valence-electron chi connectivity index (χ1n) is 5.87. The zero-order valence-electron chi connectivity index (χ0n) is 11.7. The molecule has 0 radical (unpaired) electrons. The molecular formula is C13H17F3N2O2. The third-order valence-electron chi connectivity index (χ3n) is 2.34. The number of halogens is 3. The van der Waals surface area contributed by atoms with E-state index in [0.717, 1.165) is 12.1 Å².